The van der Waals surface area contributed by atoms with E-state index in [9.17, 15) is 4.79 Å². The molecule has 5 nitrogen and oxygen atoms in total. The number of ketones is 1. The van der Waals surface area contributed by atoms with Crippen molar-refractivity contribution in [1.29, 1.82) is 0 Å². The number of Topliss-reactive ketones (excluding diaryl/α,β-unsaturated/α-hetero) is 1. The van der Waals surface area contributed by atoms with Crippen molar-refractivity contribution in [2.75, 3.05) is 11.6 Å². The first-order valence-corrected chi connectivity index (χ1v) is 9.28. The first-order chi connectivity index (χ1) is 11.1. The molecule has 4 N–H and O–H groups in total. The number of benzene rings is 2. The van der Waals surface area contributed by atoms with Crippen LogP contribution in [0.1, 0.15) is 10.4 Å². The summed E-state index contributed by atoms with van der Waals surface area (Å²) in [7, 11) is 0. The summed E-state index contributed by atoms with van der Waals surface area (Å²) in [5, 5.41) is 1.77. The molecule has 3 rings (SSSR count). The van der Waals surface area contributed by atoms with E-state index >= 15 is 0 Å². The largest absolute Gasteiger partial charge is 1.00 e. The molecule has 0 aliphatic carbocycles. The van der Waals surface area contributed by atoms with Gasteiger partial charge in [-0.2, -0.15) is 0 Å². The topological polar surface area (TPSA) is 85.9 Å². The molecule has 1 heterocycles. The second kappa shape index (κ2) is 7.94. The van der Waals surface area contributed by atoms with Crippen LogP contribution in [-0.4, -0.2) is 25.7 Å². The zero-order chi connectivity index (χ0) is 16.4. The van der Waals surface area contributed by atoms with E-state index in [-0.39, 0.29) is 37.7 Å². The molecule has 0 aliphatic heterocycles. The molecule has 0 amide bonds. The van der Waals surface area contributed by atoms with Gasteiger partial charge in [-0.25, -0.2) is 0 Å². The van der Waals surface area contributed by atoms with Gasteiger partial charge in [0.15, 0.2) is 0 Å². The number of hydrogen-bond acceptors (Lipinski definition) is 4. The number of aromatic nitrogens is 2. The van der Waals surface area contributed by atoms with Gasteiger partial charge < -0.3 is 17.0 Å². The van der Waals surface area contributed by atoms with E-state index in [1.54, 1.807) is 24.3 Å². The molecule has 8 heteroatoms. The van der Waals surface area contributed by atoms with Gasteiger partial charge in [-0.05, 0) is 0 Å². The predicted octanol–water partition coefficient (Wildman–Crippen LogP) is -1.89. The Morgan fingerprint density at radius 1 is 1.17 bits per heavy atom. The maximum atomic E-state index is 12.3. The van der Waals surface area contributed by atoms with Gasteiger partial charge >= 0.3 is 144 Å². The molecule has 3 aromatic rings. The molecule has 0 radical (unpaired) electrons. The second-order valence-corrected chi connectivity index (χ2v) is 7.30. The van der Waals surface area contributed by atoms with E-state index in [0.29, 0.717) is 26.4 Å². The van der Waals surface area contributed by atoms with Gasteiger partial charge in [0.25, 0.3) is 0 Å². The van der Waals surface area contributed by atoms with Crippen LogP contribution >= 0.6 is 11.6 Å². The van der Waals surface area contributed by atoms with Crippen LogP contribution < -0.4 is 38.0 Å². The Labute approximate surface area is 160 Å². The molecule has 0 saturated carbocycles. The summed E-state index contributed by atoms with van der Waals surface area (Å²) in [6.45, 7) is 0. The summed E-state index contributed by atoms with van der Waals surface area (Å²) in [5.74, 6) is 6.50. The minimum Gasteiger partial charge on any atom is -1.00 e. The van der Waals surface area contributed by atoms with Crippen LogP contribution in [0.15, 0.2) is 48.5 Å². The van der Waals surface area contributed by atoms with E-state index < -0.39 is 0 Å². The van der Waals surface area contributed by atoms with Crippen molar-refractivity contribution in [2.24, 2.45) is 0 Å². The van der Waals surface area contributed by atoms with Crippen molar-refractivity contribution in [1.82, 2.24) is 4.98 Å². The molecular weight excluding hydrogens is 459 g/mol. The minimum absolute atomic E-state index is 0. The Morgan fingerprint density at radius 2 is 1.83 bits per heavy atom. The average Bonchev–Trinajstić information content (AvgIpc) is 2.57. The third kappa shape index (κ3) is 3.87. The number of fused-ring (bicyclic) bond motifs is 1. The number of nitrogens with zero attached hydrogens (tertiary/aromatic N) is 2. The molecule has 0 bridgehead atoms. The van der Waals surface area contributed by atoms with E-state index in [0.717, 1.165) is 10.9 Å². The van der Waals surface area contributed by atoms with Crippen molar-refractivity contribution >= 4 is 53.8 Å². The first-order valence-electron chi connectivity index (χ1n) is 6.83. The Kier molecular flexibility index (Phi) is 6.18. The number of halogens is 2. The van der Waals surface area contributed by atoms with Crippen molar-refractivity contribution in [3.63, 3.8) is 0 Å². The SMILES string of the molecule is Nc1c2ccccc2nc([Se]CC(=O)c2ccc(Cl)cc2)[n+]1N.[Br-]. The first kappa shape index (κ1) is 18.7. The van der Waals surface area contributed by atoms with Crippen LogP contribution in [0.25, 0.3) is 10.9 Å². The van der Waals surface area contributed by atoms with Gasteiger partial charge in [-0.1, -0.05) is 0 Å². The molecule has 0 spiro atoms. The van der Waals surface area contributed by atoms with Gasteiger partial charge in [0.1, 0.15) is 0 Å². The van der Waals surface area contributed by atoms with Crippen LogP contribution in [0.3, 0.4) is 0 Å². The standard InChI is InChI=1S/C16H13ClN4OSe.BrH/c17-11-7-5-10(6-8-11)14(22)9-23-16-20-13-4-2-1-3-12(13)15(18)21(16)19;/h1-8,18H,9,19H2;1H. The molecule has 124 valence electrons. The van der Waals surface area contributed by atoms with E-state index in [1.807, 2.05) is 24.3 Å². The van der Waals surface area contributed by atoms with Crippen molar-refractivity contribution in [2.45, 2.75) is 5.32 Å². The number of nitrogen functional groups attached to an aromatic ring is 2. The fourth-order valence-corrected chi connectivity index (χ4v) is 3.99. The number of carbonyl (C=O) groups is 1. The summed E-state index contributed by atoms with van der Waals surface area (Å²) in [6, 6.07) is 14.4. The molecular formula is C16H14BrClN4OSe. The van der Waals surface area contributed by atoms with Gasteiger partial charge in [0.05, 0.1) is 0 Å². The van der Waals surface area contributed by atoms with Crippen LogP contribution in [0.4, 0.5) is 5.82 Å². The Bertz CT molecular complexity index is 889. The minimum atomic E-state index is -0.219. The van der Waals surface area contributed by atoms with Gasteiger partial charge in [0, 0.05) is 0 Å². The van der Waals surface area contributed by atoms with Crippen molar-refractivity contribution in [3.8, 4) is 0 Å². The third-order valence-corrected chi connectivity index (χ3v) is 5.61. The van der Waals surface area contributed by atoms with Gasteiger partial charge in [-0.15, -0.1) is 0 Å². The van der Waals surface area contributed by atoms with E-state index in [1.165, 1.54) is 4.68 Å². The number of hydrogen-bond donors (Lipinski definition) is 2. The monoisotopic (exact) mass is 472 g/mol. The zero-order valence-electron chi connectivity index (χ0n) is 12.4. The summed E-state index contributed by atoms with van der Waals surface area (Å²) >= 11 is 5.61. The van der Waals surface area contributed by atoms with Crippen LogP contribution in [0.5, 0.6) is 0 Å². The Balaban J connectivity index is 0.00000208. The van der Waals surface area contributed by atoms with Gasteiger partial charge in [0.2, 0.25) is 0 Å². The zero-order valence-corrected chi connectivity index (χ0v) is 16.5. The molecule has 0 atom stereocenters. The number of nitrogens with two attached hydrogens (primary N) is 2. The normalized spacial score (nSPS) is 10.4. The van der Waals surface area contributed by atoms with Crippen LogP contribution in [0.2, 0.25) is 10.3 Å². The number of anilines is 1. The molecule has 0 saturated heterocycles. The summed E-state index contributed by atoms with van der Waals surface area (Å²) in [4.78, 5) is 16.8. The molecule has 0 fully saturated rings. The average molecular weight is 473 g/mol. The number of para-hydroxylation sites is 1. The van der Waals surface area contributed by atoms with Crippen molar-refractivity contribution < 1.29 is 26.5 Å². The fourth-order valence-electron chi connectivity index (χ4n) is 2.13. The summed E-state index contributed by atoms with van der Waals surface area (Å²) in [6.07, 6.45) is 0. The second-order valence-electron chi connectivity index (χ2n) is 4.89. The Morgan fingerprint density at radius 3 is 2.54 bits per heavy atom. The summed E-state index contributed by atoms with van der Waals surface area (Å²) < 4.78 is 2.01. The summed E-state index contributed by atoms with van der Waals surface area (Å²) in [5.41, 5.74) is 7.47. The smallest absolute Gasteiger partial charge is 1.00 e. The van der Waals surface area contributed by atoms with Gasteiger partial charge in [-0.3, -0.25) is 0 Å². The van der Waals surface area contributed by atoms with Crippen molar-refractivity contribution in [3.05, 3.63) is 59.1 Å². The number of carbonyl (C=O) groups excluding carboxylic acids is 1. The molecule has 0 unspecified atom stereocenters. The third-order valence-electron chi connectivity index (χ3n) is 3.36. The molecule has 2 aromatic carbocycles. The fraction of sp³-hybridized carbons (Fsp3) is 0.0625. The predicted molar refractivity (Wildman–Crippen MR) is 92.5 cm³/mol. The maximum absolute atomic E-state index is 12.3. The van der Waals surface area contributed by atoms with E-state index in [2.05, 4.69) is 4.98 Å². The number of rotatable bonds is 4. The maximum Gasteiger partial charge on any atom is -1.00 e. The Hall–Kier alpha value is -1.66. The van der Waals surface area contributed by atoms with Crippen LogP contribution in [0, 0.1) is 0 Å². The molecule has 24 heavy (non-hydrogen) atoms. The molecule has 0 aliphatic rings. The molecule has 1 aromatic heterocycles. The quantitative estimate of drug-likeness (QED) is 0.201. The van der Waals surface area contributed by atoms with E-state index in [4.69, 9.17) is 23.2 Å². The van der Waals surface area contributed by atoms with Crippen LogP contribution in [-0.2, 0) is 0 Å².